The molecule has 1 N–H and O–H groups in total. The topological polar surface area (TPSA) is 20.2 Å². The molecule has 0 heterocycles. The fraction of sp³-hybridized carbons (Fsp3) is 0.857. The molecule has 15 heavy (non-hydrogen) atoms. The van der Waals surface area contributed by atoms with Crippen LogP contribution in [0.5, 0.6) is 0 Å². The number of terminal acetylenes is 1. The summed E-state index contributed by atoms with van der Waals surface area (Å²) in [6.45, 7) is 0. The van der Waals surface area contributed by atoms with Crippen molar-refractivity contribution in [2.24, 2.45) is 0 Å². The molecule has 0 aliphatic heterocycles. The van der Waals surface area contributed by atoms with Gasteiger partial charge in [0.15, 0.2) is 0 Å². The maximum Gasteiger partial charge on any atom is 0.125 e. The van der Waals surface area contributed by atoms with Crippen molar-refractivity contribution in [1.29, 1.82) is 0 Å². The van der Waals surface area contributed by atoms with Crippen LogP contribution in [0.1, 0.15) is 70.6 Å². The summed E-state index contributed by atoms with van der Waals surface area (Å²) in [5.74, 6) is 2.59. The van der Waals surface area contributed by atoms with Gasteiger partial charge in [0.05, 0.1) is 0 Å². The monoisotopic (exact) mass is 208 g/mol. The van der Waals surface area contributed by atoms with Crippen LogP contribution in [0.15, 0.2) is 0 Å². The minimum Gasteiger partial charge on any atom is -0.378 e. The average Bonchev–Trinajstić information content (AvgIpc) is 2.23. The van der Waals surface area contributed by atoms with Gasteiger partial charge in [-0.05, 0) is 25.7 Å². The zero-order valence-electron chi connectivity index (χ0n) is 9.80. The van der Waals surface area contributed by atoms with Crippen LogP contribution in [0.2, 0.25) is 0 Å². The number of aliphatic hydroxyl groups is 1. The SMILES string of the molecule is C#CC1(O)CCCCCCCCCCC1. The summed E-state index contributed by atoms with van der Waals surface area (Å²) in [6, 6.07) is 0. The van der Waals surface area contributed by atoms with Crippen LogP contribution in [-0.2, 0) is 0 Å². The van der Waals surface area contributed by atoms with Crippen molar-refractivity contribution in [2.75, 3.05) is 0 Å². The van der Waals surface area contributed by atoms with Crippen molar-refractivity contribution in [3.8, 4) is 12.3 Å². The van der Waals surface area contributed by atoms with Crippen molar-refractivity contribution >= 4 is 0 Å². The Morgan fingerprint density at radius 3 is 1.40 bits per heavy atom. The van der Waals surface area contributed by atoms with E-state index in [0.717, 1.165) is 25.7 Å². The standard InChI is InChI=1S/C14H24O/c1-2-14(15)12-10-8-6-4-3-5-7-9-11-13-14/h1,15H,3-13H2. The Bertz CT molecular complexity index is 190. The van der Waals surface area contributed by atoms with E-state index in [4.69, 9.17) is 6.42 Å². The van der Waals surface area contributed by atoms with Gasteiger partial charge >= 0.3 is 0 Å². The van der Waals surface area contributed by atoms with E-state index in [1.54, 1.807) is 0 Å². The third kappa shape index (κ3) is 5.23. The first-order valence-corrected chi connectivity index (χ1v) is 6.47. The summed E-state index contributed by atoms with van der Waals surface area (Å²) in [6.07, 6.45) is 18.3. The molecule has 0 saturated heterocycles. The minimum atomic E-state index is -0.806. The highest BCUT2D eigenvalue weighted by Gasteiger charge is 2.22. The number of hydrogen-bond acceptors (Lipinski definition) is 1. The van der Waals surface area contributed by atoms with Crippen molar-refractivity contribution in [3.05, 3.63) is 0 Å². The van der Waals surface area contributed by atoms with Gasteiger partial charge in [-0.15, -0.1) is 6.42 Å². The highest BCUT2D eigenvalue weighted by atomic mass is 16.3. The van der Waals surface area contributed by atoms with Crippen molar-refractivity contribution < 1.29 is 5.11 Å². The lowest BCUT2D eigenvalue weighted by Crippen LogP contribution is -2.26. The summed E-state index contributed by atoms with van der Waals surface area (Å²) in [4.78, 5) is 0. The molecule has 0 radical (unpaired) electrons. The third-order valence-corrected chi connectivity index (χ3v) is 3.45. The van der Waals surface area contributed by atoms with Crippen LogP contribution < -0.4 is 0 Å². The maximum absolute atomic E-state index is 10.1. The molecule has 0 spiro atoms. The van der Waals surface area contributed by atoms with E-state index in [9.17, 15) is 5.11 Å². The summed E-state index contributed by atoms with van der Waals surface area (Å²) in [7, 11) is 0. The van der Waals surface area contributed by atoms with E-state index >= 15 is 0 Å². The third-order valence-electron chi connectivity index (χ3n) is 3.45. The first kappa shape index (κ1) is 12.6. The average molecular weight is 208 g/mol. The Morgan fingerprint density at radius 2 is 1.07 bits per heavy atom. The summed E-state index contributed by atoms with van der Waals surface area (Å²) in [5, 5.41) is 10.1. The molecule has 1 heteroatoms. The second-order valence-corrected chi connectivity index (χ2v) is 4.86. The second-order valence-electron chi connectivity index (χ2n) is 4.86. The van der Waals surface area contributed by atoms with E-state index in [1.165, 1.54) is 44.9 Å². The smallest absolute Gasteiger partial charge is 0.125 e. The highest BCUT2D eigenvalue weighted by Crippen LogP contribution is 2.23. The fourth-order valence-corrected chi connectivity index (χ4v) is 2.34. The fourth-order valence-electron chi connectivity index (χ4n) is 2.34. The largest absolute Gasteiger partial charge is 0.378 e. The molecular formula is C14H24O. The van der Waals surface area contributed by atoms with Crippen molar-refractivity contribution in [1.82, 2.24) is 0 Å². The molecule has 0 aromatic rings. The van der Waals surface area contributed by atoms with Crippen LogP contribution in [0.3, 0.4) is 0 Å². The lowest BCUT2D eigenvalue weighted by atomic mass is 9.89. The van der Waals surface area contributed by atoms with E-state index in [-0.39, 0.29) is 0 Å². The van der Waals surface area contributed by atoms with Gasteiger partial charge in [0.25, 0.3) is 0 Å². The maximum atomic E-state index is 10.1. The molecule has 0 atom stereocenters. The zero-order chi connectivity index (χ0) is 11.0. The Kier molecular flexibility index (Phi) is 5.79. The predicted octanol–water partition coefficient (Wildman–Crippen LogP) is 3.66. The molecule has 0 unspecified atom stereocenters. The van der Waals surface area contributed by atoms with Crippen molar-refractivity contribution in [3.63, 3.8) is 0 Å². The molecule has 0 amide bonds. The lowest BCUT2D eigenvalue weighted by Gasteiger charge is -2.22. The summed E-state index contributed by atoms with van der Waals surface area (Å²) in [5.41, 5.74) is -0.806. The van der Waals surface area contributed by atoms with Gasteiger partial charge in [-0.3, -0.25) is 0 Å². The van der Waals surface area contributed by atoms with E-state index in [1.807, 2.05) is 0 Å². The van der Waals surface area contributed by atoms with Gasteiger partial charge in [-0.1, -0.05) is 50.9 Å². The molecule has 86 valence electrons. The molecular weight excluding hydrogens is 184 g/mol. The van der Waals surface area contributed by atoms with Gasteiger partial charge < -0.3 is 5.11 Å². The predicted molar refractivity (Wildman–Crippen MR) is 64.6 cm³/mol. The van der Waals surface area contributed by atoms with Crippen LogP contribution in [0, 0.1) is 12.3 Å². The normalized spacial score (nSPS) is 24.5. The quantitative estimate of drug-likeness (QED) is 0.602. The Labute approximate surface area is 94.3 Å². The van der Waals surface area contributed by atoms with Crippen LogP contribution in [-0.4, -0.2) is 10.7 Å². The molecule has 1 nitrogen and oxygen atoms in total. The summed E-state index contributed by atoms with van der Waals surface area (Å²) < 4.78 is 0. The second kappa shape index (κ2) is 6.90. The first-order valence-electron chi connectivity index (χ1n) is 6.47. The molecule has 1 aliphatic rings. The Balaban J connectivity index is 2.36. The Morgan fingerprint density at radius 1 is 0.733 bits per heavy atom. The van der Waals surface area contributed by atoms with Crippen LogP contribution in [0.4, 0.5) is 0 Å². The van der Waals surface area contributed by atoms with E-state index in [0.29, 0.717) is 0 Å². The Hall–Kier alpha value is -0.480. The van der Waals surface area contributed by atoms with Gasteiger partial charge in [0.2, 0.25) is 0 Å². The van der Waals surface area contributed by atoms with Gasteiger partial charge in [0.1, 0.15) is 5.60 Å². The van der Waals surface area contributed by atoms with Gasteiger partial charge in [0, 0.05) is 0 Å². The molecule has 1 fully saturated rings. The molecule has 0 aromatic heterocycles. The molecule has 1 rings (SSSR count). The van der Waals surface area contributed by atoms with Crippen LogP contribution >= 0.6 is 0 Å². The minimum absolute atomic E-state index is 0.795. The lowest BCUT2D eigenvalue weighted by molar-refractivity contribution is 0.0760. The molecule has 0 aromatic carbocycles. The molecule has 1 saturated carbocycles. The van der Waals surface area contributed by atoms with Crippen molar-refractivity contribution in [2.45, 2.75) is 76.2 Å². The number of rotatable bonds is 0. The van der Waals surface area contributed by atoms with Gasteiger partial charge in [-0.25, -0.2) is 0 Å². The number of hydrogen-bond donors (Lipinski definition) is 1. The first-order chi connectivity index (χ1) is 7.27. The molecule has 0 bridgehead atoms. The molecule has 1 aliphatic carbocycles. The summed E-state index contributed by atoms with van der Waals surface area (Å²) >= 11 is 0. The highest BCUT2D eigenvalue weighted by molar-refractivity contribution is 5.06. The zero-order valence-corrected chi connectivity index (χ0v) is 9.80. The van der Waals surface area contributed by atoms with E-state index < -0.39 is 5.60 Å². The van der Waals surface area contributed by atoms with Crippen LogP contribution in [0.25, 0.3) is 0 Å². The van der Waals surface area contributed by atoms with E-state index in [2.05, 4.69) is 5.92 Å². The van der Waals surface area contributed by atoms with Gasteiger partial charge in [-0.2, -0.15) is 0 Å².